The van der Waals surface area contributed by atoms with E-state index in [-0.39, 0.29) is 23.9 Å². The first-order valence-electron chi connectivity index (χ1n) is 6.12. The molecule has 108 valence electrons. The number of piperazine rings is 1. The minimum atomic E-state index is -3.63. The van der Waals surface area contributed by atoms with Crippen LogP contribution in [0.4, 0.5) is 4.39 Å². The number of rotatable bonds is 3. The van der Waals surface area contributed by atoms with Crippen LogP contribution in [0.25, 0.3) is 0 Å². The van der Waals surface area contributed by atoms with Gasteiger partial charge in [-0.05, 0) is 30.3 Å². The van der Waals surface area contributed by atoms with Gasteiger partial charge in [0.05, 0.1) is 4.90 Å². The molecule has 7 heteroatoms. The fourth-order valence-electron chi connectivity index (χ4n) is 2.03. The normalized spacial score (nSPS) is 16.9. The fourth-order valence-corrected chi connectivity index (χ4v) is 3.46. The predicted octanol–water partition coefficient (Wildman–Crippen LogP) is 0.845. The number of hydrogen-bond donors (Lipinski definition) is 0. The van der Waals surface area contributed by atoms with Crippen LogP contribution in [0.5, 0.6) is 0 Å². The summed E-state index contributed by atoms with van der Waals surface area (Å²) in [6.45, 7) is 4.49. The maximum atomic E-state index is 12.8. The molecule has 1 aliphatic heterocycles. The maximum absolute atomic E-state index is 12.8. The molecule has 0 spiro atoms. The molecule has 5 nitrogen and oxygen atoms in total. The molecule has 0 bridgehead atoms. The van der Waals surface area contributed by atoms with E-state index in [9.17, 15) is 17.6 Å². The smallest absolute Gasteiger partial charge is 0.246 e. The van der Waals surface area contributed by atoms with Gasteiger partial charge in [-0.25, -0.2) is 12.8 Å². The number of carbonyl (C=O) groups excluding carboxylic acids is 1. The average Bonchev–Trinajstić information content (AvgIpc) is 2.47. The summed E-state index contributed by atoms with van der Waals surface area (Å²) < 4.78 is 38.8. The summed E-state index contributed by atoms with van der Waals surface area (Å²) in [5.74, 6) is -0.686. The Morgan fingerprint density at radius 3 is 2.20 bits per heavy atom. The Kier molecular flexibility index (Phi) is 4.20. The van der Waals surface area contributed by atoms with Gasteiger partial charge in [-0.2, -0.15) is 4.31 Å². The Morgan fingerprint density at radius 2 is 1.70 bits per heavy atom. The van der Waals surface area contributed by atoms with E-state index < -0.39 is 15.8 Å². The van der Waals surface area contributed by atoms with Crippen molar-refractivity contribution in [1.82, 2.24) is 9.21 Å². The van der Waals surface area contributed by atoms with E-state index in [2.05, 4.69) is 6.58 Å². The largest absolute Gasteiger partial charge is 0.337 e. The number of benzene rings is 1. The molecule has 1 aliphatic rings. The molecule has 0 saturated carbocycles. The van der Waals surface area contributed by atoms with E-state index in [0.29, 0.717) is 13.1 Å². The average molecular weight is 298 g/mol. The van der Waals surface area contributed by atoms with Crippen molar-refractivity contribution < 1.29 is 17.6 Å². The molecule has 20 heavy (non-hydrogen) atoms. The first-order valence-corrected chi connectivity index (χ1v) is 7.56. The summed E-state index contributed by atoms with van der Waals surface area (Å²) in [6, 6.07) is 4.71. The zero-order valence-electron chi connectivity index (χ0n) is 10.8. The van der Waals surface area contributed by atoms with Crippen molar-refractivity contribution in [3.05, 3.63) is 42.7 Å². The molecule has 0 aliphatic carbocycles. The molecule has 2 rings (SSSR count). The van der Waals surface area contributed by atoms with Gasteiger partial charge in [0.25, 0.3) is 0 Å². The van der Waals surface area contributed by atoms with Gasteiger partial charge in [0.2, 0.25) is 15.9 Å². The molecule has 1 saturated heterocycles. The van der Waals surface area contributed by atoms with Crippen LogP contribution in [-0.2, 0) is 14.8 Å². The lowest BCUT2D eigenvalue weighted by Crippen LogP contribution is -2.50. The Hall–Kier alpha value is -1.73. The monoisotopic (exact) mass is 298 g/mol. The van der Waals surface area contributed by atoms with Crippen molar-refractivity contribution in [2.75, 3.05) is 26.2 Å². The summed E-state index contributed by atoms with van der Waals surface area (Å²) in [5, 5.41) is 0. The van der Waals surface area contributed by atoms with Crippen molar-refractivity contribution in [2.45, 2.75) is 4.90 Å². The zero-order valence-corrected chi connectivity index (χ0v) is 11.6. The van der Waals surface area contributed by atoms with Crippen LogP contribution in [0.1, 0.15) is 0 Å². The van der Waals surface area contributed by atoms with Crippen LogP contribution in [0.15, 0.2) is 41.8 Å². The van der Waals surface area contributed by atoms with Crippen LogP contribution in [0.3, 0.4) is 0 Å². The Morgan fingerprint density at radius 1 is 1.15 bits per heavy atom. The van der Waals surface area contributed by atoms with Crippen LogP contribution in [-0.4, -0.2) is 49.7 Å². The molecule has 0 N–H and O–H groups in total. The van der Waals surface area contributed by atoms with Crippen LogP contribution >= 0.6 is 0 Å². The van der Waals surface area contributed by atoms with Gasteiger partial charge in [0, 0.05) is 26.2 Å². The van der Waals surface area contributed by atoms with E-state index in [1.54, 1.807) is 4.90 Å². The highest BCUT2D eigenvalue weighted by Crippen LogP contribution is 2.18. The van der Waals surface area contributed by atoms with Gasteiger partial charge in [0.15, 0.2) is 0 Å². The maximum Gasteiger partial charge on any atom is 0.246 e. The highest BCUT2D eigenvalue weighted by molar-refractivity contribution is 7.89. The lowest BCUT2D eigenvalue weighted by Gasteiger charge is -2.33. The lowest BCUT2D eigenvalue weighted by molar-refractivity contribution is -0.127. The predicted molar refractivity (Wildman–Crippen MR) is 71.9 cm³/mol. The number of sulfonamides is 1. The van der Waals surface area contributed by atoms with Crippen molar-refractivity contribution in [3.8, 4) is 0 Å². The Labute approximate surface area is 117 Å². The van der Waals surface area contributed by atoms with E-state index in [4.69, 9.17) is 0 Å². The molecule has 1 aromatic rings. The summed E-state index contributed by atoms with van der Waals surface area (Å²) >= 11 is 0. The van der Waals surface area contributed by atoms with Gasteiger partial charge in [-0.1, -0.05) is 6.58 Å². The summed E-state index contributed by atoms with van der Waals surface area (Å²) in [4.78, 5) is 13.0. The molecule has 0 unspecified atom stereocenters. The number of nitrogens with zero attached hydrogens (tertiary/aromatic N) is 2. The topological polar surface area (TPSA) is 57.7 Å². The molecule has 0 radical (unpaired) electrons. The number of carbonyl (C=O) groups is 1. The van der Waals surface area contributed by atoms with Crippen LogP contribution < -0.4 is 0 Å². The zero-order chi connectivity index (χ0) is 14.8. The van der Waals surface area contributed by atoms with Crippen molar-refractivity contribution >= 4 is 15.9 Å². The molecule has 0 aromatic heterocycles. The fraction of sp³-hybridized carbons (Fsp3) is 0.308. The minimum Gasteiger partial charge on any atom is -0.337 e. The first kappa shape index (κ1) is 14.7. The van der Waals surface area contributed by atoms with E-state index in [0.717, 1.165) is 12.1 Å². The third-order valence-corrected chi connectivity index (χ3v) is 5.09. The van der Waals surface area contributed by atoms with Gasteiger partial charge in [-0.3, -0.25) is 4.79 Å². The standard InChI is InChI=1S/C13H15FN2O3S/c1-2-13(17)15-7-9-16(10-8-15)20(18,19)12-5-3-11(14)4-6-12/h2-6H,1,7-10H2. The second-order valence-electron chi connectivity index (χ2n) is 4.39. The second-order valence-corrected chi connectivity index (χ2v) is 6.33. The van der Waals surface area contributed by atoms with E-state index in [1.807, 2.05) is 0 Å². The van der Waals surface area contributed by atoms with Crippen molar-refractivity contribution in [3.63, 3.8) is 0 Å². The Balaban J connectivity index is 2.11. The third kappa shape index (κ3) is 2.88. The molecular formula is C13H15FN2O3S. The molecule has 1 heterocycles. The van der Waals surface area contributed by atoms with Crippen LogP contribution in [0.2, 0.25) is 0 Å². The van der Waals surface area contributed by atoms with E-state index in [1.165, 1.54) is 22.5 Å². The molecule has 1 amide bonds. The quantitative estimate of drug-likeness (QED) is 0.777. The van der Waals surface area contributed by atoms with E-state index >= 15 is 0 Å². The van der Waals surface area contributed by atoms with Gasteiger partial charge in [0.1, 0.15) is 5.82 Å². The highest BCUT2D eigenvalue weighted by atomic mass is 32.2. The SMILES string of the molecule is C=CC(=O)N1CCN(S(=O)(=O)c2ccc(F)cc2)CC1. The Bertz CT molecular complexity index is 605. The second kappa shape index (κ2) is 5.72. The molecular weight excluding hydrogens is 283 g/mol. The number of halogens is 1. The van der Waals surface area contributed by atoms with Gasteiger partial charge in [-0.15, -0.1) is 0 Å². The van der Waals surface area contributed by atoms with Crippen LogP contribution in [0, 0.1) is 5.82 Å². The molecule has 1 fully saturated rings. The van der Waals surface area contributed by atoms with Gasteiger partial charge < -0.3 is 4.90 Å². The third-order valence-electron chi connectivity index (χ3n) is 3.18. The molecule has 1 aromatic carbocycles. The number of amides is 1. The minimum absolute atomic E-state index is 0.0578. The highest BCUT2D eigenvalue weighted by Gasteiger charge is 2.29. The number of hydrogen-bond acceptors (Lipinski definition) is 3. The molecule has 0 atom stereocenters. The summed E-state index contributed by atoms with van der Waals surface area (Å²) in [5.41, 5.74) is 0. The first-order chi connectivity index (χ1) is 9.45. The summed E-state index contributed by atoms with van der Waals surface area (Å²) in [6.07, 6.45) is 1.21. The van der Waals surface area contributed by atoms with Crippen molar-refractivity contribution in [1.29, 1.82) is 0 Å². The summed E-state index contributed by atoms with van der Waals surface area (Å²) in [7, 11) is -3.63. The van der Waals surface area contributed by atoms with Crippen molar-refractivity contribution in [2.24, 2.45) is 0 Å². The lowest BCUT2D eigenvalue weighted by atomic mass is 10.3. The van der Waals surface area contributed by atoms with Gasteiger partial charge >= 0.3 is 0 Å².